The van der Waals surface area contributed by atoms with Gasteiger partial charge in [-0.3, -0.25) is 0 Å². The molecule has 2 aromatic heterocycles. The Kier molecular flexibility index (Phi) is 2.94. The highest BCUT2D eigenvalue weighted by molar-refractivity contribution is 7.91. The lowest BCUT2D eigenvalue weighted by Crippen LogP contribution is -2.13. The van der Waals surface area contributed by atoms with Gasteiger partial charge in [0.25, 0.3) is 5.78 Å². The van der Waals surface area contributed by atoms with Crippen molar-refractivity contribution in [2.45, 2.75) is 9.92 Å². The van der Waals surface area contributed by atoms with Crippen LogP contribution in [0.5, 0.6) is 5.75 Å². The molecule has 1 aromatic carbocycles. The van der Waals surface area contributed by atoms with Gasteiger partial charge in [0.1, 0.15) is 12.1 Å². The molecule has 0 bridgehead atoms. The number of benzene rings is 1. The first kappa shape index (κ1) is 13.2. The summed E-state index contributed by atoms with van der Waals surface area (Å²) >= 11 is 0. The first-order valence-corrected chi connectivity index (χ1v) is 7.23. The van der Waals surface area contributed by atoms with Gasteiger partial charge >= 0.3 is 0 Å². The number of nitrogens with two attached hydrogens (primary N) is 1. The minimum absolute atomic E-state index is 0.0313. The zero-order valence-electron chi connectivity index (χ0n) is 10.8. The van der Waals surface area contributed by atoms with E-state index < -0.39 is 9.84 Å². The van der Waals surface area contributed by atoms with Crippen LogP contribution in [0, 0.1) is 0 Å². The zero-order chi connectivity index (χ0) is 15.0. The van der Waals surface area contributed by atoms with Gasteiger partial charge in [-0.25, -0.2) is 8.42 Å². The van der Waals surface area contributed by atoms with Crippen LogP contribution in [0.25, 0.3) is 5.78 Å². The van der Waals surface area contributed by atoms with Crippen molar-refractivity contribution in [3.63, 3.8) is 0 Å². The lowest BCUT2D eigenvalue weighted by atomic mass is 10.3. The second kappa shape index (κ2) is 4.66. The molecule has 3 rings (SSSR count). The summed E-state index contributed by atoms with van der Waals surface area (Å²) in [5.41, 5.74) is 5.80. The van der Waals surface area contributed by atoms with E-state index in [0.717, 1.165) is 4.52 Å². The standard InChI is InChI=1S/C11H10N6O3S/c1-20-7-2-4-8(5-3-7)21(18,19)10-9(12)17-11(16-15-10)13-6-14-17/h2-6H,12H2,1H3. The van der Waals surface area contributed by atoms with Crippen LogP contribution >= 0.6 is 0 Å². The highest BCUT2D eigenvalue weighted by Gasteiger charge is 2.25. The van der Waals surface area contributed by atoms with Crippen LogP contribution in [0.2, 0.25) is 0 Å². The fourth-order valence-corrected chi connectivity index (χ4v) is 2.99. The fourth-order valence-electron chi connectivity index (χ4n) is 1.76. The van der Waals surface area contributed by atoms with E-state index in [4.69, 9.17) is 10.5 Å². The fraction of sp³-hybridized carbons (Fsp3) is 0.0909. The summed E-state index contributed by atoms with van der Waals surface area (Å²) in [6.07, 6.45) is 1.21. The molecule has 0 saturated heterocycles. The van der Waals surface area contributed by atoms with Gasteiger partial charge in [0.05, 0.1) is 12.0 Å². The van der Waals surface area contributed by atoms with Crippen LogP contribution in [-0.2, 0) is 9.84 Å². The number of anilines is 1. The number of rotatable bonds is 3. The molecule has 2 N–H and O–H groups in total. The Morgan fingerprint density at radius 2 is 1.90 bits per heavy atom. The average Bonchev–Trinajstić information content (AvgIpc) is 2.97. The quantitative estimate of drug-likeness (QED) is 0.713. The van der Waals surface area contributed by atoms with Crippen LogP contribution in [0.1, 0.15) is 0 Å². The predicted octanol–water partition coefficient (Wildman–Crippen LogP) is -0.0571. The molecule has 3 aromatic rings. The van der Waals surface area contributed by atoms with E-state index in [1.807, 2.05) is 0 Å². The number of nitrogens with zero attached hydrogens (tertiary/aromatic N) is 5. The number of hydrogen-bond acceptors (Lipinski definition) is 8. The van der Waals surface area contributed by atoms with Gasteiger partial charge in [-0.1, -0.05) is 0 Å². The van der Waals surface area contributed by atoms with Crippen molar-refractivity contribution in [2.24, 2.45) is 0 Å². The molecule has 21 heavy (non-hydrogen) atoms. The van der Waals surface area contributed by atoms with Crippen LogP contribution in [0.3, 0.4) is 0 Å². The number of sulfone groups is 1. The molecule has 0 saturated carbocycles. The summed E-state index contributed by atoms with van der Waals surface area (Å²) in [4.78, 5) is 3.82. The molecule has 9 nitrogen and oxygen atoms in total. The number of methoxy groups -OCH3 is 1. The van der Waals surface area contributed by atoms with Crippen molar-refractivity contribution < 1.29 is 13.2 Å². The van der Waals surface area contributed by atoms with Crippen molar-refractivity contribution in [3.8, 4) is 5.75 Å². The molecular weight excluding hydrogens is 296 g/mol. The van der Waals surface area contributed by atoms with E-state index in [-0.39, 0.29) is 21.5 Å². The SMILES string of the molecule is COc1ccc(S(=O)(=O)c2nnc3ncnn3c2N)cc1. The van der Waals surface area contributed by atoms with Crippen LogP contribution in [0.15, 0.2) is 40.5 Å². The molecule has 0 radical (unpaired) electrons. The summed E-state index contributed by atoms with van der Waals surface area (Å²) < 4.78 is 31.2. The maximum atomic E-state index is 12.5. The van der Waals surface area contributed by atoms with Gasteiger partial charge in [0, 0.05) is 0 Å². The highest BCUT2D eigenvalue weighted by atomic mass is 32.2. The molecule has 0 aliphatic carbocycles. The Balaban J connectivity index is 2.16. The molecule has 0 atom stereocenters. The Morgan fingerprint density at radius 3 is 2.57 bits per heavy atom. The molecule has 2 heterocycles. The van der Waals surface area contributed by atoms with Gasteiger partial charge in [0.2, 0.25) is 14.9 Å². The summed E-state index contributed by atoms with van der Waals surface area (Å²) in [6, 6.07) is 5.87. The Morgan fingerprint density at radius 1 is 1.19 bits per heavy atom. The number of nitrogen functional groups attached to an aromatic ring is 1. The lowest BCUT2D eigenvalue weighted by molar-refractivity contribution is 0.414. The Hall–Kier alpha value is -2.75. The Bertz CT molecular complexity index is 903. The van der Waals surface area contributed by atoms with Gasteiger partial charge in [-0.2, -0.15) is 14.6 Å². The third-order valence-electron chi connectivity index (χ3n) is 2.83. The number of ether oxygens (including phenoxy) is 1. The molecule has 0 aliphatic rings. The Labute approximate surface area is 119 Å². The van der Waals surface area contributed by atoms with Gasteiger partial charge in [-0.05, 0) is 24.3 Å². The first-order valence-electron chi connectivity index (χ1n) is 5.75. The van der Waals surface area contributed by atoms with Crippen LogP contribution in [0.4, 0.5) is 5.82 Å². The number of aromatic nitrogens is 5. The number of hydrogen-bond donors (Lipinski definition) is 1. The van der Waals surface area contributed by atoms with Crippen molar-refractivity contribution in [1.82, 2.24) is 24.8 Å². The van der Waals surface area contributed by atoms with Gasteiger partial charge < -0.3 is 10.5 Å². The summed E-state index contributed by atoms with van der Waals surface area (Å²) in [5.74, 6) is 0.522. The lowest BCUT2D eigenvalue weighted by Gasteiger charge is -2.07. The van der Waals surface area contributed by atoms with E-state index in [9.17, 15) is 8.42 Å². The summed E-state index contributed by atoms with van der Waals surface area (Å²) in [7, 11) is -2.42. The average molecular weight is 306 g/mol. The van der Waals surface area contributed by atoms with E-state index in [1.165, 1.54) is 37.7 Å². The largest absolute Gasteiger partial charge is 0.497 e. The molecule has 0 fully saturated rings. The minimum Gasteiger partial charge on any atom is -0.497 e. The molecule has 108 valence electrons. The molecule has 0 aliphatic heterocycles. The smallest absolute Gasteiger partial charge is 0.273 e. The third-order valence-corrected chi connectivity index (χ3v) is 4.52. The molecular formula is C11H10N6O3S. The molecule has 0 unspecified atom stereocenters. The summed E-state index contributed by atoms with van der Waals surface area (Å²) in [6.45, 7) is 0. The van der Waals surface area contributed by atoms with Gasteiger partial charge in [-0.15, -0.1) is 10.2 Å². The van der Waals surface area contributed by atoms with Crippen molar-refractivity contribution in [1.29, 1.82) is 0 Å². The third kappa shape index (κ3) is 2.05. The highest BCUT2D eigenvalue weighted by Crippen LogP contribution is 2.24. The second-order valence-corrected chi connectivity index (χ2v) is 5.91. The zero-order valence-corrected chi connectivity index (χ0v) is 11.6. The first-order chi connectivity index (χ1) is 10.0. The monoisotopic (exact) mass is 306 g/mol. The van der Waals surface area contributed by atoms with Crippen LogP contribution < -0.4 is 10.5 Å². The van der Waals surface area contributed by atoms with Crippen LogP contribution in [-0.4, -0.2) is 40.3 Å². The molecule has 0 amide bonds. The topological polar surface area (TPSA) is 125 Å². The normalized spacial score (nSPS) is 11.7. The van der Waals surface area contributed by atoms with E-state index in [1.54, 1.807) is 0 Å². The van der Waals surface area contributed by atoms with Crippen molar-refractivity contribution >= 4 is 21.4 Å². The maximum absolute atomic E-state index is 12.5. The molecule has 10 heteroatoms. The number of fused-ring (bicyclic) bond motifs is 1. The maximum Gasteiger partial charge on any atom is 0.273 e. The predicted molar refractivity (Wildman–Crippen MR) is 71.4 cm³/mol. The van der Waals surface area contributed by atoms with E-state index in [0.29, 0.717) is 5.75 Å². The van der Waals surface area contributed by atoms with E-state index in [2.05, 4.69) is 20.3 Å². The van der Waals surface area contributed by atoms with Crippen molar-refractivity contribution in [2.75, 3.05) is 12.8 Å². The second-order valence-electron chi connectivity index (χ2n) is 4.04. The molecule has 0 spiro atoms. The van der Waals surface area contributed by atoms with Crippen molar-refractivity contribution in [3.05, 3.63) is 30.6 Å². The summed E-state index contributed by atoms with van der Waals surface area (Å²) in [5, 5.41) is 10.8. The van der Waals surface area contributed by atoms with Gasteiger partial charge in [0.15, 0.2) is 5.82 Å². The minimum atomic E-state index is -3.91. The van der Waals surface area contributed by atoms with E-state index >= 15 is 0 Å².